The molecule has 116 valence electrons. The van der Waals surface area contributed by atoms with Crippen molar-refractivity contribution in [3.05, 3.63) is 59.9 Å². The number of H-pyrrole nitrogens is 1. The summed E-state index contributed by atoms with van der Waals surface area (Å²) in [6, 6.07) is 14.6. The minimum absolute atomic E-state index is 0.0276. The van der Waals surface area contributed by atoms with E-state index in [2.05, 4.69) is 39.5 Å². The fourth-order valence-electron chi connectivity index (χ4n) is 2.68. The Morgan fingerprint density at radius 3 is 2.91 bits per heavy atom. The lowest BCUT2D eigenvalue weighted by Crippen LogP contribution is -2.48. The van der Waals surface area contributed by atoms with Gasteiger partial charge in [-0.1, -0.05) is 30.3 Å². The third-order valence-corrected chi connectivity index (χ3v) is 5.01. The molecular weight excluding hydrogens is 294 g/mol. The van der Waals surface area contributed by atoms with Crippen molar-refractivity contribution in [2.45, 2.75) is 12.6 Å². The second-order valence-electron chi connectivity index (χ2n) is 5.48. The van der Waals surface area contributed by atoms with Gasteiger partial charge in [0.1, 0.15) is 5.69 Å². The molecular formula is C17H21N3OS. The summed E-state index contributed by atoms with van der Waals surface area (Å²) in [5.41, 5.74) is 1.95. The van der Waals surface area contributed by atoms with Crippen LogP contribution in [0.3, 0.4) is 0 Å². The first-order valence-electron chi connectivity index (χ1n) is 7.60. The molecule has 5 heteroatoms. The minimum Gasteiger partial charge on any atom is -0.357 e. The van der Waals surface area contributed by atoms with Crippen molar-refractivity contribution in [2.75, 3.05) is 24.6 Å². The highest BCUT2D eigenvalue weighted by Crippen LogP contribution is 2.18. The maximum atomic E-state index is 12.0. The second-order valence-corrected chi connectivity index (χ2v) is 6.63. The van der Waals surface area contributed by atoms with Crippen LogP contribution in [-0.4, -0.2) is 46.4 Å². The highest BCUT2D eigenvalue weighted by Gasteiger charge is 2.23. The number of benzene rings is 1. The van der Waals surface area contributed by atoms with Gasteiger partial charge in [0, 0.05) is 43.4 Å². The molecule has 0 bridgehead atoms. The number of carbonyl (C=O) groups is 1. The van der Waals surface area contributed by atoms with Gasteiger partial charge in [-0.05, 0) is 17.7 Å². The number of hydrogen-bond acceptors (Lipinski definition) is 3. The number of hydrogen-bond donors (Lipinski definition) is 2. The van der Waals surface area contributed by atoms with E-state index in [1.54, 1.807) is 12.3 Å². The van der Waals surface area contributed by atoms with Crippen LogP contribution in [0.1, 0.15) is 16.1 Å². The van der Waals surface area contributed by atoms with Crippen LogP contribution >= 0.6 is 11.8 Å². The molecule has 1 aromatic heterocycles. The van der Waals surface area contributed by atoms with Gasteiger partial charge < -0.3 is 10.3 Å². The third kappa shape index (κ3) is 3.93. The first-order chi connectivity index (χ1) is 10.8. The normalized spacial score (nSPS) is 19.0. The Morgan fingerprint density at radius 1 is 1.27 bits per heavy atom. The molecule has 0 saturated carbocycles. The molecule has 3 rings (SSSR count). The van der Waals surface area contributed by atoms with Gasteiger partial charge in [-0.3, -0.25) is 9.69 Å². The lowest BCUT2D eigenvalue weighted by molar-refractivity contribution is 0.0931. The molecule has 1 amide bonds. The molecule has 1 unspecified atom stereocenters. The zero-order valence-corrected chi connectivity index (χ0v) is 13.3. The van der Waals surface area contributed by atoms with Crippen LogP contribution < -0.4 is 5.32 Å². The summed E-state index contributed by atoms with van der Waals surface area (Å²) in [4.78, 5) is 17.5. The van der Waals surface area contributed by atoms with E-state index in [1.807, 2.05) is 23.9 Å². The summed E-state index contributed by atoms with van der Waals surface area (Å²) < 4.78 is 0. The Labute approximate surface area is 135 Å². The van der Waals surface area contributed by atoms with Crippen LogP contribution in [0.2, 0.25) is 0 Å². The van der Waals surface area contributed by atoms with Crippen molar-refractivity contribution in [3.63, 3.8) is 0 Å². The van der Waals surface area contributed by atoms with Crippen LogP contribution in [0, 0.1) is 0 Å². The fourth-order valence-corrected chi connectivity index (χ4v) is 3.81. The summed E-state index contributed by atoms with van der Waals surface area (Å²) in [6.45, 7) is 2.71. The molecule has 1 fully saturated rings. The predicted octanol–water partition coefficient (Wildman–Crippen LogP) is 2.36. The number of rotatable bonds is 5. The Kier molecular flexibility index (Phi) is 5.19. The van der Waals surface area contributed by atoms with Crippen LogP contribution in [0.5, 0.6) is 0 Å². The Balaban J connectivity index is 1.57. The maximum absolute atomic E-state index is 12.0. The van der Waals surface area contributed by atoms with Gasteiger partial charge in [-0.25, -0.2) is 0 Å². The van der Waals surface area contributed by atoms with Gasteiger partial charge in [-0.15, -0.1) is 0 Å². The molecule has 1 atom stereocenters. The largest absolute Gasteiger partial charge is 0.357 e. The third-order valence-electron chi connectivity index (χ3n) is 3.92. The molecule has 1 aliphatic heterocycles. The highest BCUT2D eigenvalue weighted by atomic mass is 32.2. The van der Waals surface area contributed by atoms with E-state index in [-0.39, 0.29) is 5.91 Å². The van der Waals surface area contributed by atoms with E-state index in [1.165, 1.54) is 5.56 Å². The number of amides is 1. The molecule has 22 heavy (non-hydrogen) atoms. The van der Waals surface area contributed by atoms with E-state index >= 15 is 0 Å². The Bertz CT molecular complexity index is 585. The lowest BCUT2D eigenvalue weighted by Gasteiger charge is -2.35. The first kappa shape index (κ1) is 15.2. The number of carbonyl (C=O) groups excluding carboxylic acids is 1. The van der Waals surface area contributed by atoms with Crippen LogP contribution in [0.25, 0.3) is 0 Å². The van der Waals surface area contributed by atoms with E-state index in [0.717, 1.165) is 24.6 Å². The van der Waals surface area contributed by atoms with Gasteiger partial charge >= 0.3 is 0 Å². The molecule has 1 aromatic carbocycles. The summed E-state index contributed by atoms with van der Waals surface area (Å²) in [5, 5.41) is 3.05. The van der Waals surface area contributed by atoms with Crippen molar-refractivity contribution in [1.82, 2.24) is 15.2 Å². The van der Waals surface area contributed by atoms with Gasteiger partial charge in [0.05, 0.1) is 0 Å². The molecule has 1 saturated heterocycles. The predicted molar refractivity (Wildman–Crippen MR) is 91.1 cm³/mol. The van der Waals surface area contributed by atoms with Crippen molar-refractivity contribution in [2.24, 2.45) is 0 Å². The minimum atomic E-state index is -0.0276. The SMILES string of the molecule is O=C(NCC1CSCCN1Cc1ccccc1)c1ccc[nH]1. The number of nitrogens with one attached hydrogen (secondary N) is 2. The smallest absolute Gasteiger partial charge is 0.267 e. The molecule has 2 aromatic rings. The molecule has 0 aliphatic carbocycles. The average Bonchev–Trinajstić information content (AvgIpc) is 3.09. The number of aromatic amines is 1. The van der Waals surface area contributed by atoms with Crippen molar-refractivity contribution in [1.29, 1.82) is 0 Å². The molecule has 2 N–H and O–H groups in total. The molecule has 0 radical (unpaired) electrons. The number of thioether (sulfide) groups is 1. The average molecular weight is 315 g/mol. The van der Waals surface area contributed by atoms with Crippen molar-refractivity contribution in [3.8, 4) is 0 Å². The van der Waals surface area contributed by atoms with E-state index < -0.39 is 0 Å². The fraction of sp³-hybridized carbons (Fsp3) is 0.353. The monoisotopic (exact) mass is 315 g/mol. The van der Waals surface area contributed by atoms with Gasteiger partial charge in [0.2, 0.25) is 0 Å². The van der Waals surface area contributed by atoms with Crippen LogP contribution in [-0.2, 0) is 6.54 Å². The highest BCUT2D eigenvalue weighted by molar-refractivity contribution is 7.99. The standard InChI is InChI=1S/C17H21N3OS/c21-17(16-7-4-8-18-16)19-11-15-13-22-10-9-20(15)12-14-5-2-1-3-6-14/h1-8,15,18H,9-13H2,(H,19,21). The van der Waals surface area contributed by atoms with Crippen molar-refractivity contribution < 1.29 is 4.79 Å². The van der Waals surface area contributed by atoms with E-state index in [9.17, 15) is 4.79 Å². The molecule has 2 heterocycles. The summed E-state index contributed by atoms with van der Waals surface area (Å²) in [5.74, 6) is 2.20. The Morgan fingerprint density at radius 2 is 2.14 bits per heavy atom. The second kappa shape index (κ2) is 7.51. The molecule has 0 spiro atoms. The van der Waals surface area contributed by atoms with Crippen LogP contribution in [0.15, 0.2) is 48.7 Å². The zero-order chi connectivity index (χ0) is 15.2. The molecule has 1 aliphatic rings. The topological polar surface area (TPSA) is 48.1 Å². The number of aromatic nitrogens is 1. The summed E-state index contributed by atoms with van der Waals surface area (Å²) >= 11 is 1.97. The van der Waals surface area contributed by atoms with Gasteiger partial charge in [-0.2, -0.15) is 11.8 Å². The van der Waals surface area contributed by atoms with Crippen LogP contribution in [0.4, 0.5) is 0 Å². The van der Waals surface area contributed by atoms with Gasteiger partial charge in [0.15, 0.2) is 0 Å². The zero-order valence-electron chi connectivity index (χ0n) is 12.5. The quantitative estimate of drug-likeness (QED) is 0.890. The lowest BCUT2D eigenvalue weighted by atomic mass is 10.1. The first-order valence-corrected chi connectivity index (χ1v) is 8.76. The summed E-state index contributed by atoms with van der Waals surface area (Å²) in [7, 11) is 0. The van der Waals surface area contributed by atoms with Crippen molar-refractivity contribution >= 4 is 17.7 Å². The summed E-state index contributed by atoms with van der Waals surface area (Å²) in [6.07, 6.45) is 1.77. The van der Waals surface area contributed by atoms with E-state index in [4.69, 9.17) is 0 Å². The number of nitrogens with zero attached hydrogens (tertiary/aromatic N) is 1. The molecule has 4 nitrogen and oxygen atoms in total. The van der Waals surface area contributed by atoms with Gasteiger partial charge in [0.25, 0.3) is 5.91 Å². The Hall–Kier alpha value is -1.72. The maximum Gasteiger partial charge on any atom is 0.267 e. The van der Waals surface area contributed by atoms with E-state index in [0.29, 0.717) is 18.3 Å².